The molecule has 0 atom stereocenters. The molecule has 3 aliphatic rings. The predicted octanol–water partition coefficient (Wildman–Crippen LogP) is 11.6. The number of nitrogens with zero attached hydrogens (tertiary/aromatic N) is 1. The zero-order valence-corrected chi connectivity index (χ0v) is 33.0. The molecule has 0 saturated carbocycles. The van der Waals surface area contributed by atoms with Crippen LogP contribution in [0.4, 0.5) is 17.1 Å². The van der Waals surface area contributed by atoms with Crippen molar-refractivity contribution in [3.8, 4) is 22.5 Å². The molecule has 0 radical (unpaired) electrons. The van der Waals surface area contributed by atoms with Crippen molar-refractivity contribution < 1.29 is 4.42 Å². The van der Waals surface area contributed by atoms with Crippen molar-refractivity contribution in [3.63, 3.8) is 0 Å². The van der Waals surface area contributed by atoms with Crippen molar-refractivity contribution in [2.45, 2.75) is 111 Å². The van der Waals surface area contributed by atoms with Gasteiger partial charge in [0.1, 0.15) is 5.76 Å². The van der Waals surface area contributed by atoms with Gasteiger partial charge in [0.2, 0.25) is 0 Å². The van der Waals surface area contributed by atoms with Crippen LogP contribution in [-0.2, 0) is 21.7 Å². The Balaban J connectivity index is 1.43. The molecular weight excluding hydrogens is 629 g/mol. The Hall–Kier alpha value is -4.50. The Morgan fingerprint density at radius 1 is 0.654 bits per heavy atom. The molecule has 0 unspecified atom stereocenters. The normalized spacial score (nSPS) is 16.8. The van der Waals surface area contributed by atoms with Crippen LogP contribution in [-0.4, -0.2) is 6.71 Å². The molecular formula is C49H52BNO. The van der Waals surface area contributed by atoms with Gasteiger partial charge in [-0.2, -0.15) is 0 Å². The second-order valence-corrected chi connectivity index (χ2v) is 19.4. The molecule has 2 aliphatic heterocycles. The maximum atomic E-state index is 7.26. The van der Waals surface area contributed by atoms with Crippen LogP contribution in [0.15, 0.2) is 95.4 Å². The molecule has 0 fully saturated rings. The lowest BCUT2D eigenvalue weighted by Gasteiger charge is -2.46. The molecule has 0 bridgehead atoms. The first kappa shape index (κ1) is 33.3. The van der Waals surface area contributed by atoms with E-state index in [2.05, 4.69) is 172 Å². The summed E-state index contributed by atoms with van der Waals surface area (Å²) in [7, 11) is 0. The van der Waals surface area contributed by atoms with E-state index in [1.54, 1.807) is 0 Å². The molecule has 52 heavy (non-hydrogen) atoms. The van der Waals surface area contributed by atoms with E-state index in [4.69, 9.17) is 4.42 Å². The van der Waals surface area contributed by atoms with Crippen LogP contribution in [0.1, 0.15) is 110 Å². The highest BCUT2D eigenvalue weighted by atomic mass is 16.3. The van der Waals surface area contributed by atoms with E-state index in [0.717, 1.165) is 17.0 Å². The van der Waals surface area contributed by atoms with Gasteiger partial charge in [-0.3, -0.25) is 0 Å². The highest BCUT2D eigenvalue weighted by Crippen LogP contribution is 2.51. The second-order valence-electron chi connectivity index (χ2n) is 19.4. The van der Waals surface area contributed by atoms with Crippen molar-refractivity contribution in [1.82, 2.24) is 0 Å². The third-order valence-electron chi connectivity index (χ3n) is 12.6. The van der Waals surface area contributed by atoms with Gasteiger partial charge in [-0.15, -0.1) is 0 Å². The van der Waals surface area contributed by atoms with Crippen molar-refractivity contribution in [2.75, 3.05) is 4.90 Å². The van der Waals surface area contributed by atoms with E-state index in [1.807, 2.05) is 0 Å². The number of hydrogen-bond acceptors (Lipinski definition) is 2. The molecule has 3 heterocycles. The van der Waals surface area contributed by atoms with E-state index in [0.29, 0.717) is 0 Å². The maximum absolute atomic E-state index is 7.26. The summed E-state index contributed by atoms with van der Waals surface area (Å²) >= 11 is 0. The van der Waals surface area contributed by atoms with Crippen LogP contribution >= 0.6 is 0 Å². The molecule has 0 amide bonds. The first-order valence-electron chi connectivity index (χ1n) is 19.3. The molecule has 0 spiro atoms. The maximum Gasteiger partial charge on any atom is 0.293 e. The van der Waals surface area contributed by atoms with E-state index in [1.165, 1.54) is 90.5 Å². The van der Waals surface area contributed by atoms with Crippen LogP contribution in [0.5, 0.6) is 0 Å². The molecule has 1 aromatic heterocycles. The minimum Gasteiger partial charge on any atom is -0.469 e. The van der Waals surface area contributed by atoms with Gasteiger partial charge in [-0.05, 0) is 116 Å². The predicted molar refractivity (Wildman–Crippen MR) is 224 cm³/mol. The summed E-state index contributed by atoms with van der Waals surface area (Å²) in [6.45, 7) is 26.1. The average molecular weight is 682 g/mol. The van der Waals surface area contributed by atoms with Crippen molar-refractivity contribution in [1.29, 1.82) is 0 Å². The first-order valence-corrected chi connectivity index (χ1v) is 19.3. The monoisotopic (exact) mass is 681 g/mol. The molecule has 6 aromatic rings. The Labute approximate surface area is 311 Å². The van der Waals surface area contributed by atoms with Gasteiger partial charge in [-0.25, -0.2) is 0 Å². The van der Waals surface area contributed by atoms with Crippen LogP contribution in [0.25, 0.3) is 33.2 Å². The fourth-order valence-electron chi connectivity index (χ4n) is 9.43. The highest BCUT2D eigenvalue weighted by molar-refractivity contribution is 7.00. The lowest BCUT2D eigenvalue weighted by atomic mass is 9.34. The molecule has 3 heteroatoms. The Morgan fingerprint density at radius 2 is 1.29 bits per heavy atom. The SMILES string of the molecule is Cc1cc2c3c(c1)N(c1cc(C(C)(C)C)cc(C(C)(C)C)c1)c1cc4c(cc1B3c1oc(-c3ccccc3)c3cccc-2c13)C(C)(C)CCC4(C)C. The van der Waals surface area contributed by atoms with Gasteiger partial charge in [0, 0.05) is 33.4 Å². The Morgan fingerprint density at radius 3 is 1.92 bits per heavy atom. The molecule has 0 N–H and O–H groups in total. The Bertz CT molecular complexity index is 2410. The van der Waals surface area contributed by atoms with E-state index in [9.17, 15) is 0 Å². The summed E-state index contributed by atoms with van der Waals surface area (Å²) in [4.78, 5) is 2.63. The molecule has 0 saturated heterocycles. The molecule has 262 valence electrons. The molecule has 5 aromatic carbocycles. The van der Waals surface area contributed by atoms with Gasteiger partial charge in [0.05, 0.1) is 5.66 Å². The third kappa shape index (κ3) is 4.84. The molecule has 1 aliphatic carbocycles. The van der Waals surface area contributed by atoms with Gasteiger partial charge >= 0.3 is 0 Å². The van der Waals surface area contributed by atoms with Crippen LogP contribution in [0.3, 0.4) is 0 Å². The van der Waals surface area contributed by atoms with Crippen molar-refractivity contribution in [3.05, 3.63) is 119 Å². The van der Waals surface area contributed by atoms with Crippen LogP contribution in [0, 0.1) is 6.92 Å². The number of anilines is 3. The van der Waals surface area contributed by atoms with E-state index >= 15 is 0 Å². The first-order chi connectivity index (χ1) is 24.4. The molecule has 9 rings (SSSR count). The van der Waals surface area contributed by atoms with Gasteiger partial charge in [0.15, 0.2) is 0 Å². The standard InChI is InChI=1S/C49H52BNO/c1-29-22-36-34-18-15-19-35-42(34)45(52-44(35)30-16-13-12-14-17-30)50-39-27-37-38(49(10,11)21-20-48(37,8)9)28-40(39)51(41(23-29)43(36)50)33-25-31(46(2,3)4)24-32(26-33)47(5,6)7/h12-19,22-28H,20-21H2,1-11H3. The summed E-state index contributed by atoms with van der Waals surface area (Å²) < 4.78 is 7.26. The van der Waals surface area contributed by atoms with E-state index in [-0.39, 0.29) is 28.4 Å². The zero-order chi connectivity index (χ0) is 36.7. The lowest BCUT2D eigenvalue weighted by molar-refractivity contribution is 0.332. The van der Waals surface area contributed by atoms with Gasteiger partial charge < -0.3 is 9.32 Å². The smallest absolute Gasteiger partial charge is 0.293 e. The summed E-state index contributed by atoms with van der Waals surface area (Å²) in [5, 5.41) is 2.46. The number of aryl methyl sites for hydroxylation is 1. The van der Waals surface area contributed by atoms with Crippen LogP contribution in [0.2, 0.25) is 0 Å². The highest BCUT2D eigenvalue weighted by Gasteiger charge is 2.47. The van der Waals surface area contributed by atoms with Crippen molar-refractivity contribution in [2.24, 2.45) is 0 Å². The van der Waals surface area contributed by atoms with Crippen molar-refractivity contribution >= 4 is 51.1 Å². The third-order valence-corrected chi connectivity index (χ3v) is 12.6. The van der Waals surface area contributed by atoms with Gasteiger partial charge in [-0.1, -0.05) is 136 Å². The fraction of sp³-hybridized carbons (Fsp3) is 0.347. The van der Waals surface area contributed by atoms with E-state index < -0.39 is 0 Å². The lowest BCUT2D eigenvalue weighted by Crippen LogP contribution is -2.59. The number of rotatable bonds is 2. The number of benzene rings is 5. The second kappa shape index (κ2) is 10.8. The minimum absolute atomic E-state index is 0.00237. The fourth-order valence-corrected chi connectivity index (χ4v) is 9.43. The van der Waals surface area contributed by atoms with Gasteiger partial charge in [0.25, 0.3) is 6.71 Å². The number of fused-ring (bicyclic) bond motifs is 5. The number of furan rings is 1. The summed E-state index contributed by atoms with van der Waals surface area (Å²) in [6, 6.07) is 34.9. The average Bonchev–Trinajstić information content (AvgIpc) is 3.47. The number of hydrogen-bond donors (Lipinski definition) is 0. The minimum atomic E-state index is -0.0225. The molecule has 2 nitrogen and oxygen atoms in total. The topological polar surface area (TPSA) is 16.4 Å². The quantitative estimate of drug-likeness (QED) is 0.169. The zero-order valence-electron chi connectivity index (χ0n) is 33.0. The summed E-state index contributed by atoms with van der Waals surface area (Å²) in [5.74, 6) is 0.967. The summed E-state index contributed by atoms with van der Waals surface area (Å²) in [5.41, 5.74) is 18.4. The largest absolute Gasteiger partial charge is 0.469 e. The van der Waals surface area contributed by atoms with Crippen LogP contribution < -0.4 is 21.5 Å². The Kier molecular flexibility index (Phi) is 6.91. The summed E-state index contributed by atoms with van der Waals surface area (Å²) in [6.07, 6.45) is 2.35.